The highest BCUT2D eigenvalue weighted by atomic mass is 16.2. The van der Waals surface area contributed by atoms with E-state index in [1.165, 1.54) is 11.1 Å². The molecule has 0 saturated heterocycles. The Balaban J connectivity index is 1.73. The Bertz CT molecular complexity index is 543. The highest BCUT2D eigenvalue weighted by Gasteiger charge is 2.21. The summed E-state index contributed by atoms with van der Waals surface area (Å²) in [6, 6.07) is 8.25. The zero-order valence-electron chi connectivity index (χ0n) is 13.8. The first-order valence-corrected chi connectivity index (χ1v) is 8.22. The molecule has 0 aromatic heterocycles. The van der Waals surface area contributed by atoms with Gasteiger partial charge in [0.25, 0.3) is 0 Å². The van der Waals surface area contributed by atoms with Crippen LogP contribution in [-0.2, 0) is 17.9 Å². The largest absolute Gasteiger partial charge is 0.357 e. The van der Waals surface area contributed by atoms with Crippen LogP contribution < -0.4 is 10.6 Å². The van der Waals surface area contributed by atoms with Gasteiger partial charge in [0.15, 0.2) is 5.96 Å². The first-order valence-electron chi connectivity index (χ1n) is 8.22. The second kappa shape index (κ2) is 8.98. The molecule has 0 atom stereocenters. The van der Waals surface area contributed by atoms with E-state index in [4.69, 9.17) is 0 Å². The molecule has 1 aromatic carbocycles. The second-order valence-electron chi connectivity index (χ2n) is 5.55. The molecule has 5 heteroatoms. The summed E-state index contributed by atoms with van der Waals surface area (Å²) < 4.78 is 0. The van der Waals surface area contributed by atoms with E-state index in [1.807, 2.05) is 24.0 Å². The van der Waals surface area contributed by atoms with Crippen LogP contribution in [-0.4, -0.2) is 36.4 Å². The topological polar surface area (TPSA) is 56.7 Å². The predicted octanol–water partition coefficient (Wildman–Crippen LogP) is 2.05. The highest BCUT2D eigenvalue weighted by Crippen LogP contribution is 2.22. The number of nitrogens with one attached hydrogen (secondary N) is 2. The maximum absolute atomic E-state index is 12.3. The van der Waals surface area contributed by atoms with Gasteiger partial charge >= 0.3 is 0 Å². The number of guanidine groups is 1. The molecule has 2 rings (SSSR count). The quantitative estimate of drug-likeness (QED) is 0.350. The molecule has 23 heavy (non-hydrogen) atoms. The van der Waals surface area contributed by atoms with E-state index in [2.05, 4.69) is 34.3 Å². The second-order valence-corrected chi connectivity index (χ2v) is 5.55. The van der Waals surface area contributed by atoms with Crippen LogP contribution in [0.5, 0.6) is 0 Å². The molecule has 1 amide bonds. The van der Waals surface area contributed by atoms with Gasteiger partial charge in [0, 0.05) is 39.1 Å². The number of hydrogen-bond donors (Lipinski definition) is 2. The van der Waals surface area contributed by atoms with Crippen molar-refractivity contribution in [3.63, 3.8) is 0 Å². The number of rotatable bonds is 7. The Morgan fingerprint density at radius 1 is 1.30 bits per heavy atom. The molecule has 0 bridgehead atoms. The molecule has 0 radical (unpaired) electrons. The summed E-state index contributed by atoms with van der Waals surface area (Å²) in [4.78, 5) is 18.7. The van der Waals surface area contributed by atoms with Gasteiger partial charge in [0.2, 0.25) is 5.91 Å². The van der Waals surface area contributed by atoms with Crippen LogP contribution in [0, 0.1) is 0 Å². The zero-order chi connectivity index (χ0) is 16.5. The fourth-order valence-electron chi connectivity index (χ4n) is 2.60. The van der Waals surface area contributed by atoms with Crippen molar-refractivity contribution in [3.8, 4) is 0 Å². The lowest BCUT2D eigenvalue weighted by Gasteiger charge is -2.15. The average Bonchev–Trinajstić information content (AvgIpc) is 3.00. The fraction of sp³-hybridized carbons (Fsp3) is 0.444. The Morgan fingerprint density at radius 2 is 2.00 bits per heavy atom. The smallest absolute Gasteiger partial charge is 0.223 e. The number of carbonyl (C=O) groups excluding carboxylic acids is 1. The molecule has 1 aromatic rings. The standard InChI is InChI=1S/C18H26N4O/c1-3-11-20-18(19-4-2)21-12-7-10-17(23)22-13-15-8-5-6-9-16(15)14-22/h3,5-6,8-9H,1,4,7,10-14H2,2H3,(H2,19,20,21). The van der Waals surface area contributed by atoms with Crippen molar-refractivity contribution in [1.29, 1.82) is 0 Å². The van der Waals surface area contributed by atoms with E-state index in [-0.39, 0.29) is 5.91 Å². The molecule has 0 fully saturated rings. The molecule has 0 saturated carbocycles. The Hall–Kier alpha value is -2.30. The number of fused-ring (bicyclic) bond motifs is 1. The predicted molar refractivity (Wildman–Crippen MR) is 94.1 cm³/mol. The highest BCUT2D eigenvalue weighted by molar-refractivity contribution is 5.80. The molecular formula is C18H26N4O. The third kappa shape index (κ3) is 5.13. The van der Waals surface area contributed by atoms with Crippen LogP contribution >= 0.6 is 0 Å². The zero-order valence-corrected chi connectivity index (χ0v) is 13.8. The maximum atomic E-state index is 12.3. The molecule has 1 heterocycles. The summed E-state index contributed by atoms with van der Waals surface area (Å²) in [5.41, 5.74) is 2.53. The lowest BCUT2D eigenvalue weighted by Crippen LogP contribution is -2.37. The Labute approximate surface area is 138 Å². The van der Waals surface area contributed by atoms with Crippen molar-refractivity contribution >= 4 is 11.9 Å². The number of carbonyl (C=O) groups is 1. The average molecular weight is 314 g/mol. The summed E-state index contributed by atoms with van der Waals surface area (Å²) in [6.45, 7) is 9.31. The molecular weight excluding hydrogens is 288 g/mol. The number of hydrogen-bond acceptors (Lipinski definition) is 2. The Morgan fingerprint density at radius 3 is 2.61 bits per heavy atom. The number of benzene rings is 1. The van der Waals surface area contributed by atoms with Crippen LogP contribution in [0.1, 0.15) is 30.9 Å². The molecule has 1 aliphatic heterocycles. The van der Waals surface area contributed by atoms with Crippen molar-refractivity contribution in [2.45, 2.75) is 32.9 Å². The monoisotopic (exact) mass is 314 g/mol. The van der Waals surface area contributed by atoms with Crippen molar-refractivity contribution < 1.29 is 4.79 Å². The van der Waals surface area contributed by atoms with Crippen LogP contribution in [0.15, 0.2) is 41.9 Å². The number of aliphatic imine (C=N–C) groups is 1. The first-order chi connectivity index (χ1) is 11.2. The van der Waals surface area contributed by atoms with Gasteiger partial charge in [-0.2, -0.15) is 0 Å². The van der Waals surface area contributed by atoms with Gasteiger partial charge in [-0.05, 0) is 24.5 Å². The molecule has 0 spiro atoms. The minimum atomic E-state index is 0.209. The van der Waals surface area contributed by atoms with E-state index < -0.39 is 0 Å². The molecule has 0 aliphatic carbocycles. The van der Waals surface area contributed by atoms with Gasteiger partial charge < -0.3 is 15.5 Å². The summed E-state index contributed by atoms with van der Waals surface area (Å²) >= 11 is 0. The van der Waals surface area contributed by atoms with Crippen molar-refractivity contribution in [1.82, 2.24) is 15.5 Å². The van der Waals surface area contributed by atoms with Crippen LogP contribution in [0.3, 0.4) is 0 Å². The normalized spacial score (nSPS) is 13.6. The SMILES string of the molecule is C=CCNC(=NCCCC(=O)N1Cc2ccccc2C1)NCC. The number of amides is 1. The summed E-state index contributed by atoms with van der Waals surface area (Å²) in [6.07, 6.45) is 3.09. The fourth-order valence-corrected chi connectivity index (χ4v) is 2.60. The maximum Gasteiger partial charge on any atom is 0.223 e. The first kappa shape index (κ1) is 17.1. The van der Waals surface area contributed by atoms with Gasteiger partial charge in [-0.15, -0.1) is 6.58 Å². The van der Waals surface area contributed by atoms with Crippen LogP contribution in [0.4, 0.5) is 0 Å². The third-order valence-corrected chi connectivity index (χ3v) is 3.77. The van der Waals surface area contributed by atoms with Crippen LogP contribution in [0.2, 0.25) is 0 Å². The summed E-state index contributed by atoms with van der Waals surface area (Å²) in [5, 5.41) is 6.32. The summed E-state index contributed by atoms with van der Waals surface area (Å²) in [5.74, 6) is 0.980. The number of nitrogens with zero attached hydrogens (tertiary/aromatic N) is 2. The third-order valence-electron chi connectivity index (χ3n) is 3.77. The summed E-state index contributed by atoms with van der Waals surface area (Å²) in [7, 11) is 0. The molecule has 0 unspecified atom stereocenters. The minimum Gasteiger partial charge on any atom is -0.357 e. The molecule has 2 N–H and O–H groups in total. The van der Waals surface area contributed by atoms with E-state index in [0.717, 1.165) is 32.0 Å². The van der Waals surface area contributed by atoms with Crippen molar-refractivity contribution in [2.75, 3.05) is 19.6 Å². The van der Waals surface area contributed by atoms with Gasteiger partial charge in [0.1, 0.15) is 0 Å². The van der Waals surface area contributed by atoms with E-state index in [9.17, 15) is 4.79 Å². The molecule has 124 valence electrons. The van der Waals surface area contributed by atoms with Crippen molar-refractivity contribution in [3.05, 3.63) is 48.0 Å². The Kier molecular flexibility index (Phi) is 6.66. The lowest BCUT2D eigenvalue weighted by atomic mass is 10.1. The van der Waals surface area contributed by atoms with Gasteiger partial charge in [-0.1, -0.05) is 30.3 Å². The van der Waals surface area contributed by atoms with Gasteiger partial charge in [-0.25, -0.2) is 0 Å². The van der Waals surface area contributed by atoms with E-state index >= 15 is 0 Å². The van der Waals surface area contributed by atoms with Gasteiger partial charge in [0.05, 0.1) is 0 Å². The molecule has 1 aliphatic rings. The lowest BCUT2D eigenvalue weighted by molar-refractivity contribution is -0.131. The van der Waals surface area contributed by atoms with Crippen molar-refractivity contribution in [2.24, 2.45) is 4.99 Å². The van der Waals surface area contributed by atoms with Gasteiger partial charge in [-0.3, -0.25) is 9.79 Å². The van der Waals surface area contributed by atoms with E-state index in [0.29, 0.717) is 19.5 Å². The minimum absolute atomic E-state index is 0.209. The van der Waals surface area contributed by atoms with E-state index in [1.54, 1.807) is 6.08 Å². The van der Waals surface area contributed by atoms with Crippen LogP contribution in [0.25, 0.3) is 0 Å². The molecule has 5 nitrogen and oxygen atoms in total.